The fourth-order valence-electron chi connectivity index (χ4n) is 3.32. The molecule has 27 heavy (non-hydrogen) atoms. The molecule has 1 fully saturated rings. The highest BCUT2D eigenvalue weighted by Gasteiger charge is 2.47. The summed E-state index contributed by atoms with van der Waals surface area (Å²) in [6.07, 6.45) is -0.616. The second-order valence-electron chi connectivity index (χ2n) is 7.01. The van der Waals surface area contributed by atoms with Gasteiger partial charge in [-0.25, -0.2) is 9.46 Å². The third-order valence-electron chi connectivity index (χ3n) is 4.43. The Morgan fingerprint density at radius 2 is 1.81 bits per heavy atom. The molecule has 2 unspecified atom stereocenters. The van der Waals surface area contributed by atoms with Crippen LogP contribution < -0.4 is 11.2 Å². The molecule has 0 aromatic carbocycles. The quantitative estimate of drug-likeness (QED) is 0.662. The normalized spacial score (nSPS) is 27.0. The van der Waals surface area contributed by atoms with E-state index in [2.05, 4.69) is 37.3 Å². The van der Waals surface area contributed by atoms with Gasteiger partial charge in [-0.15, -0.1) is 0 Å². The van der Waals surface area contributed by atoms with Gasteiger partial charge < -0.3 is 18.5 Å². The monoisotopic (exact) mass is 403 g/mol. The number of hydrogen-bond donors (Lipinski definition) is 1. The molecule has 9 nitrogen and oxygen atoms in total. The van der Waals surface area contributed by atoms with Crippen LogP contribution in [0.25, 0.3) is 0 Å². The van der Waals surface area contributed by atoms with Crippen molar-refractivity contribution in [1.29, 1.82) is 0 Å². The Bertz CT molecular complexity index is 713. The smallest absolute Gasteiger partial charge is 0.330 e. The lowest BCUT2D eigenvalue weighted by Crippen LogP contribution is -2.40. The molecule has 0 bridgehead atoms. The van der Waals surface area contributed by atoms with E-state index >= 15 is 0 Å². The maximum atomic E-state index is 12.2. The van der Waals surface area contributed by atoms with Crippen LogP contribution in [0.5, 0.6) is 0 Å². The molecule has 1 aliphatic heterocycles. The number of nitrogens with one attached hydrogen (secondary N) is 1. The molecular weight excluding hydrogens is 373 g/mol. The number of ether oxygens (including phenoxy) is 2. The summed E-state index contributed by atoms with van der Waals surface area (Å²) in [5, 5.41) is 0. The molecule has 2 heterocycles. The molecule has 0 saturated carbocycles. The molecule has 1 aromatic heterocycles. The van der Waals surface area contributed by atoms with Crippen molar-refractivity contribution < 1.29 is 18.5 Å². The van der Waals surface area contributed by atoms with Crippen molar-refractivity contribution in [2.24, 2.45) is 0 Å². The van der Waals surface area contributed by atoms with Crippen molar-refractivity contribution in [2.45, 2.75) is 71.2 Å². The van der Waals surface area contributed by atoms with Gasteiger partial charge in [0.1, 0.15) is 12.2 Å². The third kappa shape index (κ3) is 4.85. The summed E-state index contributed by atoms with van der Waals surface area (Å²) >= 11 is 0. The van der Waals surface area contributed by atoms with Crippen LogP contribution in [-0.2, 0) is 18.5 Å². The van der Waals surface area contributed by atoms with Crippen molar-refractivity contribution >= 4 is 8.53 Å². The standard InChI is InChI=1S/C17H30N3O6P/c1-10(2)20(11(3)4)27(24-7)26-14-12(5)25-16(15(14)23-6)19-9-8-13(21)18-17(19)22/h8-12,14-16H,1-7H3,(H,18,21,22)/t12-,14+,15?,16-,27?/m1/s1. The van der Waals surface area contributed by atoms with Gasteiger partial charge in [0.2, 0.25) is 0 Å². The summed E-state index contributed by atoms with van der Waals surface area (Å²) < 4.78 is 27.0. The van der Waals surface area contributed by atoms with Gasteiger partial charge in [0, 0.05) is 38.6 Å². The van der Waals surface area contributed by atoms with E-state index in [9.17, 15) is 9.59 Å². The van der Waals surface area contributed by atoms with Gasteiger partial charge in [0.05, 0.1) is 6.10 Å². The van der Waals surface area contributed by atoms with E-state index in [0.717, 1.165) is 0 Å². The number of methoxy groups -OCH3 is 1. The predicted octanol–water partition coefficient (Wildman–Crippen LogP) is 1.85. The zero-order valence-corrected chi connectivity index (χ0v) is 17.8. The first-order valence-electron chi connectivity index (χ1n) is 9.00. The van der Waals surface area contributed by atoms with Crippen molar-refractivity contribution in [3.63, 3.8) is 0 Å². The van der Waals surface area contributed by atoms with E-state index in [-0.39, 0.29) is 18.2 Å². The van der Waals surface area contributed by atoms with Gasteiger partial charge in [-0.1, -0.05) is 0 Å². The van der Waals surface area contributed by atoms with Crippen LogP contribution in [-0.4, -0.2) is 58.8 Å². The summed E-state index contributed by atoms with van der Waals surface area (Å²) in [5.41, 5.74) is -1.01. The van der Waals surface area contributed by atoms with E-state index in [4.69, 9.17) is 18.5 Å². The fraction of sp³-hybridized carbons (Fsp3) is 0.765. The van der Waals surface area contributed by atoms with Crippen molar-refractivity contribution in [2.75, 3.05) is 14.2 Å². The van der Waals surface area contributed by atoms with Crippen LogP contribution in [0.15, 0.2) is 21.9 Å². The van der Waals surface area contributed by atoms with Crippen molar-refractivity contribution in [3.8, 4) is 0 Å². The zero-order valence-electron chi connectivity index (χ0n) is 16.9. The van der Waals surface area contributed by atoms with E-state index < -0.39 is 38.2 Å². The molecule has 10 heteroatoms. The maximum absolute atomic E-state index is 12.2. The first-order valence-corrected chi connectivity index (χ1v) is 10.1. The minimum absolute atomic E-state index is 0.229. The molecule has 1 N–H and O–H groups in total. The summed E-state index contributed by atoms with van der Waals surface area (Å²) in [7, 11) is 1.82. The molecule has 1 aliphatic rings. The maximum Gasteiger partial charge on any atom is 0.330 e. The van der Waals surface area contributed by atoms with Gasteiger partial charge in [0.25, 0.3) is 14.1 Å². The largest absolute Gasteiger partial charge is 0.374 e. The Balaban J connectivity index is 2.28. The Morgan fingerprint density at radius 3 is 2.30 bits per heavy atom. The molecule has 0 spiro atoms. The van der Waals surface area contributed by atoms with Gasteiger partial charge in [-0.2, -0.15) is 0 Å². The number of nitrogens with zero attached hydrogens (tertiary/aromatic N) is 2. The number of rotatable bonds is 8. The number of aromatic amines is 1. The van der Waals surface area contributed by atoms with Crippen LogP contribution in [0.4, 0.5) is 0 Å². The predicted molar refractivity (Wildman–Crippen MR) is 103 cm³/mol. The Morgan fingerprint density at radius 1 is 1.19 bits per heavy atom. The van der Waals surface area contributed by atoms with Gasteiger partial charge in [-0.05, 0) is 34.6 Å². The molecule has 5 atom stereocenters. The lowest BCUT2D eigenvalue weighted by Gasteiger charge is -2.37. The minimum atomic E-state index is -1.34. The molecule has 0 radical (unpaired) electrons. The molecule has 1 aromatic rings. The minimum Gasteiger partial charge on any atom is -0.374 e. The van der Waals surface area contributed by atoms with Crippen molar-refractivity contribution in [1.82, 2.24) is 14.2 Å². The SMILES string of the molecule is COC1[C@@H](OP(OC)N(C(C)C)C(C)C)[C@@H](C)O[C@H]1n1ccc(=O)[nH]c1=O. The second kappa shape index (κ2) is 9.41. The van der Waals surface area contributed by atoms with Crippen LogP contribution >= 0.6 is 8.53 Å². The van der Waals surface area contributed by atoms with Crippen LogP contribution in [0.2, 0.25) is 0 Å². The molecule has 154 valence electrons. The summed E-state index contributed by atoms with van der Waals surface area (Å²) in [5.74, 6) is 0. The number of aromatic nitrogens is 2. The van der Waals surface area contributed by atoms with E-state index in [0.29, 0.717) is 0 Å². The second-order valence-corrected chi connectivity index (χ2v) is 8.52. The molecular formula is C17H30N3O6P. The van der Waals surface area contributed by atoms with E-state index in [1.54, 1.807) is 14.2 Å². The first-order chi connectivity index (χ1) is 12.7. The van der Waals surface area contributed by atoms with Gasteiger partial charge in [0.15, 0.2) is 6.23 Å². The van der Waals surface area contributed by atoms with Gasteiger partial charge >= 0.3 is 5.69 Å². The zero-order chi connectivity index (χ0) is 20.3. The third-order valence-corrected chi connectivity index (χ3v) is 6.47. The number of H-pyrrole nitrogens is 1. The summed E-state index contributed by atoms with van der Waals surface area (Å²) in [4.78, 5) is 25.7. The Labute approximate surface area is 160 Å². The molecule has 2 rings (SSSR count). The summed E-state index contributed by atoms with van der Waals surface area (Å²) in [6, 6.07) is 1.73. The molecule has 0 aliphatic carbocycles. The van der Waals surface area contributed by atoms with Crippen LogP contribution in [0, 0.1) is 0 Å². The van der Waals surface area contributed by atoms with Crippen molar-refractivity contribution in [3.05, 3.63) is 33.1 Å². The van der Waals surface area contributed by atoms with Gasteiger partial charge in [-0.3, -0.25) is 14.3 Å². The van der Waals surface area contributed by atoms with E-state index in [1.165, 1.54) is 16.8 Å². The lowest BCUT2D eigenvalue weighted by molar-refractivity contribution is -0.0510. The topological polar surface area (TPSA) is 95.0 Å². The Hall–Kier alpha value is -1.09. The average Bonchev–Trinajstić information content (AvgIpc) is 2.88. The van der Waals surface area contributed by atoms with E-state index in [1.807, 2.05) is 6.92 Å². The lowest BCUT2D eigenvalue weighted by atomic mass is 10.1. The summed E-state index contributed by atoms with van der Waals surface area (Å²) in [6.45, 7) is 10.2. The highest BCUT2D eigenvalue weighted by Crippen LogP contribution is 2.49. The highest BCUT2D eigenvalue weighted by atomic mass is 31.2. The molecule has 0 amide bonds. The first kappa shape index (κ1) is 22.2. The Kier molecular flexibility index (Phi) is 7.73. The highest BCUT2D eigenvalue weighted by molar-refractivity contribution is 7.44. The van der Waals surface area contributed by atoms with Crippen LogP contribution in [0.1, 0.15) is 40.8 Å². The average molecular weight is 403 g/mol. The fourth-order valence-corrected chi connectivity index (χ4v) is 4.96. The molecule has 1 saturated heterocycles. The van der Waals surface area contributed by atoms with Crippen LogP contribution in [0.3, 0.4) is 0 Å². The number of hydrogen-bond acceptors (Lipinski definition) is 7.